The third-order valence-electron chi connectivity index (χ3n) is 8.30. The Kier molecular flexibility index (Phi) is 6.93. The Labute approximate surface area is 231 Å². The van der Waals surface area contributed by atoms with Gasteiger partial charge in [-0.05, 0) is 75.0 Å². The van der Waals surface area contributed by atoms with Crippen LogP contribution in [-0.4, -0.2) is 75.1 Å². The Morgan fingerprint density at radius 2 is 1.80 bits per heavy atom. The van der Waals surface area contributed by atoms with Gasteiger partial charge >= 0.3 is 0 Å². The molecule has 1 fully saturated rings. The molecule has 0 heterocycles. The number of carbonyl (C=O) groups is 3. The molecule has 210 valence electrons. The number of aliphatic hydroxyl groups excluding tert-OH is 2. The molecular formula is C30H32N2O8. The SMILES string of the molecule is CN(C)[C@@H]1C(=O)C(C(N)=O)=C(O)[C@@]2(O)C(=O)C3=C(O)c4c(O)ccc(CCCOc5ccccc5)c4C[C@H]3C[C@@H]12. The number of carbonyl (C=O) groups excluding carboxylic acids is 3. The highest BCUT2D eigenvalue weighted by Crippen LogP contribution is 2.53. The van der Waals surface area contributed by atoms with Crippen molar-refractivity contribution >= 4 is 23.2 Å². The zero-order chi connectivity index (χ0) is 28.9. The number of Topliss-reactive ketones (excluding diaryl/α,β-unsaturated/α-hetero) is 2. The number of hydrogen-bond donors (Lipinski definition) is 5. The van der Waals surface area contributed by atoms with Crippen molar-refractivity contribution in [3.8, 4) is 11.5 Å². The van der Waals surface area contributed by atoms with Crippen molar-refractivity contribution < 1.29 is 39.5 Å². The lowest BCUT2D eigenvalue weighted by molar-refractivity contribution is -0.153. The van der Waals surface area contributed by atoms with Gasteiger partial charge in [-0.1, -0.05) is 24.3 Å². The molecule has 3 aliphatic carbocycles. The summed E-state index contributed by atoms with van der Waals surface area (Å²) in [6, 6.07) is 11.5. The summed E-state index contributed by atoms with van der Waals surface area (Å²) in [5, 5.41) is 44.6. The number of aromatic hydroxyl groups is 1. The summed E-state index contributed by atoms with van der Waals surface area (Å²) in [5.74, 6) is -5.83. The van der Waals surface area contributed by atoms with E-state index in [-0.39, 0.29) is 29.7 Å². The van der Waals surface area contributed by atoms with Gasteiger partial charge in [-0.3, -0.25) is 19.3 Å². The lowest BCUT2D eigenvalue weighted by Gasteiger charge is -2.50. The predicted molar refractivity (Wildman–Crippen MR) is 145 cm³/mol. The van der Waals surface area contributed by atoms with Gasteiger partial charge in [-0.2, -0.15) is 0 Å². The van der Waals surface area contributed by atoms with E-state index in [9.17, 15) is 34.8 Å². The molecule has 0 spiro atoms. The van der Waals surface area contributed by atoms with Gasteiger partial charge in [-0.15, -0.1) is 0 Å². The number of nitrogens with two attached hydrogens (primary N) is 1. The summed E-state index contributed by atoms with van der Waals surface area (Å²) in [6.07, 6.45) is 1.55. The highest BCUT2D eigenvalue weighted by molar-refractivity contribution is 6.24. The van der Waals surface area contributed by atoms with Crippen LogP contribution >= 0.6 is 0 Å². The van der Waals surface area contributed by atoms with Gasteiger partial charge in [0.05, 0.1) is 18.2 Å². The molecule has 0 unspecified atom stereocenters. The molecule has 0 aromatic heterocycles. The Hall–Kier alpha value is -4.15. The number of aryl methyl sites for hydroxylation is 1. The molecular weight excluding hydrogens is 516 g/mol. The van der Waals surface area contributed by atoms with Crippen LogP contribution in [0.2, 0.25) is 0 Å². The molecule has 0 radical (unpaired) electrons. The third kappa shape index (κ3) is 4.15. The molecule has 40 heavy (non-hydrogen) atoms. The fraction of sp³-hybridized carbons (Fsp3) is 0.367. The Bertz CT molecular complexity index is 1460. The maximum atomic E-state index is 13.9. The van der Waals surface area contributed by atoms with Crippen LogP contribution in [0.15, 0.2) is 59.4 Å². The zero-order valence-corrected chi connectivity index (χ0v) is 22.3. The van der Waals surface area contributed by atoms with Crippen molar-refractivity contribution in [3.05, 3.63) is 76.1 Å². The van der Waals surface area contributed by atoms with Crippen LogP contribution in [0.4, 0.5) is 0 Å². The number of benzene rings is 2. The second kappa shape index (κ2) is 10.1. The van der Waals surface area contributed by atoms with Crippen LogP contribution in [0.1, 0.15) is 29.5 Å². The topological polar surface area (TPSA) is 171 Å². The number of likely N-dealkylation sites (N-methyl/N-ethyl adjacent to an activating group) is 1. The smallest absolute Gasteiger partial charge is 0.255 e. The van der Waals surface area contributed by atoms with Crippen LogP contribution < -0.4 is 10.5 Å². The van der Waals surface area contributed by atoms with E-state index in [4.69, 9.17) is 10.5 Å². The van der Waals surface area contributed by atoms with E-state index in [1.54, 1.807) is 20.2 Å². The average molecular weight is 549 g/mol. The first-order valence-electron chi connectivity index (χ1n) is 13.1. The van der Waals surface area contributed by atoms with Crippen molar-refractivity contribution in [2.75, 3.05) is 20.7 Å². The first kappa shape index (κ1) is 27.4. The molecule has 1 saturated carbocycles. The molecule has 2 aromatic rings. The number of primary amides is 1. The quantitative estimate of drug-likeness (QED) is 0.256. The summed E-state index contributed by atoms with van der Waals surface area (Å²) >= 11 is 0. The van der Waals surface area contributed by atoms with Gasteiger partial charge in [0, 0.05) is 11.5 Å². The Morgan fingerprint density at radius 1 is 1.10 bits per heavy atom. The van der Waals surface area contributed by atoms with Gasteiger partial charge in [0.1, 0.15) is 28.6 Å². The number of fused-ring (bicyclic) bond motifs is 3. The molecule has 0 bridgehead atoms. The molecule has 2 aromatic carbocycles. The number of para-hydroxylation sites is 1. The highest BCUT2D eigenvalue weighted by atomic mass is 16.5. The van der Waals surface area contributed by atoms with E-state index in [0.717, 1.165) is 11.3 Å². The molecule has 1 amide bonds. The maximum Gasteiger partial charge on any atom is 0.255 e. The standard InChI is InChI=1S/C30H32N2O8/c1-32(2)24-19-14-16-13-18-15(7-6-12-40-17-8-4-3-5-9-17)10-11-20(33)22(18)25(34)21(16)27(36)30(19,39)28(37)23(26(24)35)29(31)38/h3-5,8-11,16,19,24,33-34,37,39H,6-7,12-14H2,1-2H3,(H2,31,38)/t16-,19-,24-,30-/m0/s1. The fourth-order valence-electron chi connectivity index (χ4n) is 6.51. The van der Waals surface area contributed by atoms with E-state index in [0.29, 0.717) is 25.0 Å². The van der Waals surface area contributed by atoms with Crippen molar-refractivity contribution in [1.82, 2.24) is 4.90 Å². The molecule has 10 heteroatoms. The number of ketones is 2. The summed E-state index contributed by atoms with van der Waals surface area (Å²) in [5.41, 5.74) is 3.35. The van der Waals surface area contributed by atoms with Crippen LogP contribution in [-0.2, 0) is 27.2 Å². The molecule has 3 aliphatic rings. The fourth-order valence-corrected chi connectivity index (χ4v) is 6.51. The first-order valence-corrected chi connectivity index (χ1v) is 13.1. The molecule has 10 nitrogen and oxygen atoms in total. The summed E-state index contributed by atoms with van der Waals surface area (Å²) in [4.78, 5) is 40.7. The molecule has 0 aliphatic heterocycles. The average Bonchev–Trinajstić information content (AvgIpc) is 2.90. The minimum atomic E-state index is -2.65. The van der Waals surface area contributed by atoms with E-state index in [1.807, 2.05) is 30.3 Å². The normalized spacial score (nSPS) is 25.9. The minimum Gasteiger partial charge on any atom is -0.508 e. The Balaban J connectivity index is 1.53. The van der Waals surface area contributed by atoms with Gasteiger partial charge in [0.25, 0.3) is 5.91 Å². The lowest BCUT2D eigenvalue weighted by Crippen LogP contribution is -2.65. The molecule has 0 saturated heterocycles. The maximum absolute atomic E-state index is 13.9. The van der Waals surface area contributed by atoms with E-state index in [1.165, 1.54) is 11.0 Å². The van der Waals surface area contributed by atoms with Gasteiger partial charge in [-0.25, -0.2) is 0 Å². The number of phenols is 1. The number of phenolic OH excluding ortho intramolecular Hbond substituents is 1. The number of ether oxygens (including phenoxy) is 1. The van der Waals surface area contributed by atoms with E-state index >= 15 is 0 Å². The molecule has 5 rings (SSSR count). The molecule has 6 N–H and O–H groups in total. The highest BCUT2D eigenvalue weighted by Gasteiger charge is 2.64. The van der Waals surface area contributed by atoms with Crippen LogP contribution in [0.5, 0.6) is 11.5 Å². The largest absolute Gasteiger partial charge is 0.508 e. The zero-order valence-electron chi connectivity index (χ0n) is 22.3. The van der Waals surface area contributed by atoms with E-state index in [2.05, 4.69) is 0 Å². The summed E-state index contributed by atoms with van der Waals surface area (Å²) in [6.45, 7) is 0.449. The third-order valence-corrected chi connectivity index (χ3v) is 8.30. The second-order valence-corrected chi connectivity index (χ2v) is 10.8. The van der Waals surface area contributed by atoms with Crippen molar-refractivity contribution in [2.24, 2.45) is 17.6 Å². The Morgan fingerprint density at radius 3 is 2.45 bits per heavy atom. The van der Waals surface area contributed by atoms with Crippen molar-refractivity contribution in [2.45, 2.75) is 37.3 Å². The van der Waals surface area contributed by atoms with Gasteiger partial charge in [0.2, 0.25) is 5.78 Å². The van der Waals surface area contributed by atoms with Crippen LogP contribution in [0, 0.1) is 11.8 Å². The number of hydrogen-bond acceptors (Lipinski definition) is 9. The summed E-state index contributed by atoms with van der Waals surface area (Å²) in [7, 11) is 3.14. The number of aliphatic hydroxyl groups is 3. The lowest BCUT2D eigenvalue weighted by atomic mass is 9.57. The van der Waals surface area contributed by atoms with Crippen molar-refractivity contribution in [3.63, 3.8) is 0 Å². The number of nitrogens with zero attached hydrogens (tertiary/aromatic N) is 1. The van der Waals surface area contributed by atoms with Gasteiger partial charge in [0.15, 0.2) is 11.4 Å². The summed E-state index contributed by atoms with van der Waals surface area (Å²) < 4.78 is 5.79. The first-order chi connectivity index (χ1) is 19.0. The monoisotopic (exact) mass is 548 g/mol. The minimum absolute atomic E-state index is 0.0535. The molecule has 4 atom stereocenters. The van der Waals surface area contributed by atoms with E-state index < -0.39 is 58.0 Å². The number of rotatable bonds is 7. The predicted octanol–water partition coefficient (Wildman–Crippen LogP) is 1.98. The van der Waals surface area contributed by atoms with Crippen LogP contribution in [0.25, 0.3) is 5.76 Å². The van der Waals surface area contributed by atoms with Crippen molar-refractivity contribution in [1.29, 1.82) is 0 Å². The van der Waals surface area contributed by atoms with Crippen LogP contribution in [0.3, 0.4) is 0 Å². The van der Waals surface area contributed by atoms with Gasteiger partial charge < -0.3 is 30.9 Å². The number of amides is 1. The second-order valence-electron chi connectivity index (χ2n) is 10.8.